The molecule has 2 heterocycles. The molecule has 7 heteroatoms. The summed E-state index contributed by atoms with van der Waals surface area (Å²) in [6.07, 6.45) is 0. The van der Waals surface area contributed by atoms with E-state index in [-0.39, 0.29) is 5.69 Å². The van der Waals surface area contributed by atoms with E-state index in [0.717, 1.165) is 26.2 Å². The summed E-state index contributed by atoms with van der Waals surface area (Å²) in [7, 11) is 2.08. The molecule has 0 atom stereocenters. The molecule has 6 nitrogen and oxygen atoms in total. The predicted molar refractivity (Wildman–Crippen MR) is 61.8 cm³/mol. The fourth-order valence-electron chi connectivity index (χ4n) is 1.54. The standard InChI is InChI=1S/C9H14N4O2S/c1-12-2-4-13(5-3-12)11-8-7(9(14)15)10-6-16-8/h6,11H,2-5H2,1H3,(H,14,15). The average Bonchev–Trinajstić information content (AvgIpc) is 2.69. The van der Waals surface area contributed by atoms with Crippen LogP contribution in [0.4, 0.5) is 5.00 Å². The van der Waals surface area contributed by atoms with Crippen molar-refractivity contribution in [1.29, 1.82) is 0 Å². The van der Waals surface area contributed by atoms with Crippen LogP contribution in [0.1, 0.15) is 10.5 Å². The maximum absolute atomic E-state index is 10.9. The first-order valence-corrected chi connectivity index (χ1v) is 5.91. The minimum absolute atomic E-state index is 0.101. The number of carbonyl (C=O) groups is 1. The van der Waals surface area contributed by atoms with Gasteiger partial charge in [-0.3, -0.25) is 0 Å². The zero-order chi connectivity index (χ0) is 11.5. The third-order valence-corrected chi connectivity index (χ3v) is 3.26. The highest BCUT2D eigenvalue weighted by Crippen LogP contribution is 2.21. The highest BCUT2D eigenvalue weighted by atomic mass is 32.1. The number of aromatic nitrogens is 1. The van der Waals surface area contributed by atoms with Crippen molar-refractivity contribution in [3.05, 3.63) is 11.2 Å². The fourth-order valence-corrected chi connectivity index (χ4v) is 2.24. The molecule has 0 bridgehead atoms. The lowest BCUT2D eigenvalue weighted by molar-refractivity contribution is 0.0691. The molecule has 1 saturated heterocycles. The fraction of sp³-hybridized carbons (Fsp3) is 0.556. The molecule has 0 aliphatic carbocycles. The van der Waals surface area contributed by atoms with Crippen LogP contribution in [0.5, 0.6) is 0 Å². The van der Waals surface area contributed by atoms with Crippen LogP contribution in [0.25, 0.3) is 0 Å². The van der Waals surface area contributed by atoms with E-state index in [0.29, 0.717) is 5.00 Å². The van der Waals surface area contributed by atoms with Crippen molar-refractivity contribution >= 4 is 22.3 Å². The summed E-state index contributed by atoms with van der Waals surface area (Å²) in [5.41, 5.74) is 4.76. The Balaban J connectivity index is 1.98. The third kappa shape index (κ3) is 2.49. The summed E-state index contributed by atoms with van der Waals surface area (Å²) < 4.78 is 0. The summed E-state index contributed by atoms with van der Waals surface area (Å²) in [5.74, 6) is -0.988. The van der Waals surface area contributed by atoms with Gasteiger partial charge >= 0.3 is 5.97 Å². The van der Waals surface area contributed by atoms with Gasteiger partial charge in [0.15, 0.2) is 5.69 Å². The van der Waals surface area contributed by atoms with Gasteiger partial charge in [-0.15, -0.1) is 11.3 Å². The number of carboxylic acids is 1. The number of carboxylic acid groups (broad SMARTS) is 1. The van der Waals surface area contributed by atoms with E-state index >= 15 is 0 Å². The molecule has 0 radical (unpaired) electrons. The molecular formula is C9H14N4O2S. The molecule has 1 aromatic heterocycles. The Labute approximate surface area is 97.5 Å². The lowest BCUT2D eigenvalue weighted by atomic mass is 10.4. The van der Waals surface area contributed by atoms with Gasteiger partial charge in [-0.1, -0.05) is 0 Å². The van der Waals surface area contributed by atoms with Gasteiger partial charge in [-0.05, 0) is 7.05 Å². The molecule has 2 N–H and O–H groups in total. The van der Waals surface area contributed by atoms with Crippen LogP contribution < -0.4 is 5.43 Å². The van der Waals surface area contributed by atoms with Crippen LogP contribution in [0.2, 0.25) is 0 Å². The number of hydrogen-bond donors (Lipinski definition) is 2. The highest BCUT2D eigenvalue weighted by Gasteiger charge is 2.18. The van der Waals surface area contributed by atoms with E-state index in [1.54, 1.807) is 5.51 Å². The van der Waals surface area contributed by atoms with Gasteiger partial charge in [-0.25, -0.2) is 14.8 Å². The Morgan fingerprint density at radius 1 is 1.50 bits per heavy atom. The lowest BCUT2D eigenvalue weighted by Gasteiger charge is -2.32. The molecule has 0 amide bonds. The van der Waals surface area contributed by atoms with Gasteiger partial charge in [0.1, 0.15) is 5.00 Å². The number of likely N-dealkylation sites (N-methyl/N-ethyl adjacent to an activating group) is 1. The summed E-state index contributed by atoms with van der Waals surface area (Å²) in [6, 6.07) is 0. The molecule has 1 aliphatic heterocycles. The number of rotatable bonds is 3. The van der Waals surface area contributed by atoms with Crippen LogP contribution in [0, 0.1) is 0 Å². The molecule has 1 aromatic rings. The topological polar surface area (TPSA) is 68.7 Å². The monoisotopic (exact) mass is 242 g/mol. The number of nitrogens with one attached hydrogen (secondary N) is 1. The van der Waals surface area contributed by atoms with E-state index in [2.05, 4.69) is 22.4 Å². The quantitative estimate of drug-likeness (QED) is 0.800. The van der Waals surface area contributed by atoms with Gasteiger partial charge in [0, 0.05) is 26.2 Å². The first kappa shape index (κ1) is 11.3. The first-order chi connectivity index (χ1) is 7.66. The van der Waals surface area contributed by atoms with E-state index < -0.39 is 5.97 Å². The second-order valence-corrected chi connectivity index (χ2v) is 4.59. The van der Waals surface area contributed by atoms with Crippen molar-refractivity contribution < 1.29 is 9.90 Å². The van der Waals surface area contributed by atoms with Gasteiger partial charge in [0.05, 0.1) is 5.51 Å². The number of hydrogen-bond acceptors (Lipinski definition) is 6. The molecule has 16 heavy (non-hydrogen) atoms. The molecule has 0 saturated carbocycles. The SMILES string of the molecule is CN1CCN(Nc2scnc2C(=O)O)CC1. The molecule has 1 aliphatic rings. The predicted octanol–water partition coefficient (Wildman–Crippen LogP) is 0.416. The summed E-state index contributed by atoms with van der Waals surface area (Å²) >= 11 is 1.31. The first-order valence-electron chi connectivity index (χ1n) is 5.04. The van der Waals surface area contributed by atoms with Gasteiger partial charge < -0.3 is 15.4 Å². The van der Waals surface area contributed by atoms with Gasteiger partial charge in [-0.2, -0.15) is 0 Å². The Morgan fingerprint density at radius 2 is 2.19 bits per heavy atom. The van der Waals surface area contributed by atoms with Crippen molar-refractivity contribution in [3.8, 4) is 0 Å². The van der Waals surface area contributed by atoms with Gasteiger partial charge in [0.2, 0.25) is 0 Å². The number of aromatic carboxylic acids is 1. The average molecular weight is 242 g/mol. The normalized spacial score (nSPS) is 18.6. The molecule has 88 valence electrons. The zero-order valence-corrected chi connectivity index (χ0v) is 9.83. The maximum Gasteiger partial charge on any atom is 0.357 e. The van der Waals surface area contributed by atoms with Crippen LogP contribution in [-0.4, -0.2) is 59.2 Å². The molecule has 0 unspecified atom stereocenters. The number of thiazole rings is 1. The van der Waals surface area contributed by atoms with E-state index in [9.17, 15) is 4.79 Å². The van der Waals surface area contributed by atoms with Gasteiger partial charge in [0.25, 0.3) is 0 Å². The Hall–Kier alpha value is -1.18. The van der Waals surface area contributed by atoms with E-state index in [4.69, 9.17) is 5.11 Å². The van der Waals surface area contributed by atoms with Crippen molar-refractivity contribution in [2.45, 2.75) is 0 Å². The summed E-state index contributed by atoms with van der Waals surface area (Å²) in [5, 5.41) is 11.5. The Bertz CT molecular complexity index is 373. The minimum atomic E-state index is -0.988. The smallest absolute Gasteiger partial charge is 0.357 e. The maximum atomic E-state index is 10.9. The van der Waals surface area contributed by atoms with Crippen LogP contribution >= 0.6 is 11.3 Å². The van der Waals surface area contributed by atoms with Crippen molar-refractivity contribution in [3.63, 3.8) is 0 Å². The second kappa shape index (κ2) is 4.77. The molecule has 0 spiro atoms. The molecular weight excluding hydrogens is 228 g/mol. The van der Waals surface area contributed by atoms with Crippen molar-refractivity contribution in [2.24, 2.45) is 0 Å². The Kier molecular flexibility index (Phi) is 3.37. The van der Waals surface area contributed by atoms with Crippen LogP contribution in [-0.2, 0) is 0 Å². The number of anilines is 1. The molecule has 0 aromatic carbocycles. The van der Waals surface area contributed by atoms with E-state index in [1.165, 1.54) is 11.3 Å². The largest absolute Gasteiger partial charge is 0.476 e. The number of nitrogens with zero attached hydrogens (tertiary/aromatic N) is 3. The second-order valence-electron chi connectivity index (χ2n) is 3.74. The Morgan fingerprint density at radius 3 is 2.81 bits per heavy atom. The summed E-state index contributed by atoms with van der Waals surface area (Å²) in [6.45, 7) is 3.73. The van der Waals surface area contributed by atoms with Crippen LogP contribution in [0.3, 0.4) is 0 Å². The summed E-state index contributed by atoms with van der Waals surface area (Å²) in [4.78, 5) is 16.9. The molecule has 1 fully saturated rings. The van der Waals surface area contributed by atoms with Crippen molar-refractivity contribution in [1.82, 2.24) is 14.9 Å². The number of piperazine rings is 1. The molecule has 2 rings (SSSR count). The minimum Gasteiger partial charge on any atom is -0.476 e. The highest BCUT2D eigenvalue weighted by molar-refractivity contribution is 7.14. The van der Waals surface area contributed by atoms with Crippen molar-refractivity contribution in [2.75, 3.05) is 38.7 Å². The number of hydrazine groups is 1. The lowest BCUT2D eigenvalue weighted by Crippen LogP contribution is -2.46. The third-order valence-electron chi connectivity index (χ3n) is 2.53. The van der Waals surface area contributed by atoms with E-state index in [1.807, 2.05) is 5.01 Å². The van der Waals surface area contributed by atoms with Crippen LogP contribution in [0.15, 0.2) is 5.51 Å². The zero-order valence-electron chi connectivity index (χ0n) is 9.01.